The van der Waals surface area contributed by atoms with Crippen LogP contribution >= 0.6 is 0 Å². The van der Waals surface area contributed by atoms with Crippen LogP contribution in [0.15, 0.2) is 0 Å². The van der Waals surface area contributed by atoms with Crippen molar-refractivity contribution >= 4 is 6.09 Å². The first-order valence-electron chi connectivity index (χ1n) is 8.07. The Balaban J connectivity index is 1.71. The van der Waals surface area contributed by atoms with Gasteiger partial charge >= 0.3 is 6.09 Å². The number of nitrogens with one attached hydrogen (secondary N) is 1. The molecule has 4 heteroatoms. The van der Waals surface area contributed by atoms with E-state index in [1.807, 2.05) is 25.7 Å². The van der Waals surface area contributed by atoms with Crippen LogP contribution in [0.4, 0.5) is 4.79 Å². The van der Waals surface area contributed by atoms with Gasteiger partial charge in [-0.05, 0) is 58.8 Å². The summed E-state index contributed by atoms with van der Waals surface area (Å²) >= 11 is 0. The molecule has 1 heterocycles. The fourth-order valence-corrected chi connectivity index (χ4v) is 3.25. The van der Waals surface area contributed by atoms with Gasteiger partial charge in [-0.3, -0.25) is 0 Å². The maximum Gasteiger partial charge on any atom is 0.410 e. The molecule has 1 aliphatic carbocycles. The second-order valence-corrected chi connectivity index (χ2v) is 7.52. The van der Waals surface area contributed by atoms with Gasteiger partial charge in [-0.15, -0.1) is 0 Å². The predicted octanol–water partition coefficient (Wildman–Crippen LogP) is 3.16. The van der Waals surface area contributed by atoms with Crippen LogP contribution in [0.25, 0.3) is 0 Å². The Morgan fingerprint density at radius 1 is 1.10 bits per heavy atom. The van der Waals surface area contributed by atoms with Crippen molar-refractivity contribution in [3.8, 4) is 0 Å². The highest BCUT2D eigenvalue weighted by Crippen LogP contribution is 2.26. The Morgan fingerprint density at radius 2 is 1.75 bits per heavy atom. The molecule has 2 rings (SSSR count). The number of hydrogen-bond acceptors (Lipinski definition) is 3. The molecule has 0 radical (unpaired) electrons. The average Bonchev–Trinajstić information content (AvgIpc) is 2.73. The predicted molar refractivity (Wildman–Crippen MR) is 80.8 cm³/mol. The molecular formula is C16H30N2O2. The van der Waals surface area contributed by atoms with Crippen molar-refractivity contribution in [1.82, 2.24) is 10.2 Å². The lowest BCUT2D eigenvalue weighted by molar-refractivity contribution is 0.0196. The van der Waals surface area contributed by atoms with E-state index in [9.17, 15) is 4.79 Å². The summed E-state index contributed by atoms with van der Waals surface area (Å²) in [6, 6.07) is 1.27. The molecule has 1 amide bonds. The van der Waals surface area contributed by atoms with Crippen LogP contribution in [-0.4, -0.2) is 41.8 Å². The average molecular weight is 282 g/mol. The first-order chi connectivity index (χ1) is 9.33. The van der Waals surface area contributed by atoms with Crippen molar-refractivity contribution in [1.29, 1.82) is 0 Å². The molecule has 2 aliphatic rings. The summed E-state index contributed by atoms with van der Waals surface area (Å²) in [6.45, 7) is 9.72. The van der Waals surface area contributed by atoms with E-state index in [2.05, 4.69) is 12.2 Å². The van der Waals surface area contributed by atoms with E-state index >= 15 is 0 Å². The van der Waals surface area contributed by atoms with Crippen molar-refractivity contribution in [2.24, 2.45) is 5.92 Å². The third-order valence-corrected chi connectivity index (χ3v) is 4.31. The lowest BCUT2D eigenvalue weighted by Crippen LogP contribution is -2.48. The molecule has 4 nitrogen and oxygen atoms in total. The minimum Gasteiger partial charge on any atom is -0.444 e. The highest BCUT2D eigenvalue weighted by molar-refractivity contribution is 5.68. The van der Waals surface area contributed by atoms with Gasteiger partial charge in [0.2, 0.25) is 0 Å². The fraction of sp³-hybridized carbons (Fsp3) is 0.938. The highest BCUT2D eigenvalue weighted by Gasteiger charge is 2.29. The molecule has 2 atom stereocenters. The zero-order chi connectivity index (χ0) is 14.8. The Kier molecular flexibility index (Phi) is 4.95. The lowest BCUT2D eigenvalue weighted by Gasteiger charge is -2.35. The molecule has 0 bridgehead atoms. The van der Waals surface area contributed by atoms with Gasteiger partial charge in [0, 0.05) is 25.2 Å². The van der Waals surface area contributed by atoms with Crippen molar-refractivity contribution in [3.05, 3.63) is 0 Å². The molecule has 0 aromatic rings. The maximum absolute atomic E-state index is 12.0. The summed E-state index contributed by atoms with van der Waals surface area (Å²) in [7, 11) is 0. The molecule has 2 fully saturated rings. The van der Waals surface area contributed by atoms with Gasteiger partial charge in [0.15, 0.2) is 0 Å². The summed E-state index contributed by atoms with van der Waals surface area (Å²) in [6.07, 6.45) is 5.91. The van der Waals surface area contributed by atoms with Gasteiger partial charge in [0.05, 0.1) is 0 Å². The summed E-state index contributed by atoms with van der Waals surface area (Å²) in [5, 5.41) is 3.78. The Hall–Kier alpha value is -0.770. The Morgan fingerprint density at radius 3 is 2.25 bits per heavy atom. The number of carbonyl (C=O) groups excluding carboxylic acids is 1. The molecule has 1 aliphatic heterocycles. The lowest BCUT2D eigenvalue weighted by atomic mass is 10.0. The number of rotatable bonds is 2. The first-order valence-corrected chi connectivity index (χ1v) is 8.07. The minimum absolute atomic E-state index is 0.162. The Bertz CT molecular complexity index is 330. The first kappa shape index (κ1) is 15.6. The number of likely N-dealkylation sites (tertiary alicyclic amines) is 1. The second-order valence-electron chi connectivity index (χ2n) is 7.52. The second kappa shape index (κ2) is 6.33. The standard InChI is InChI=1S/C16H30N2O2/c1-12-5-6-14(11-12)17-13-7-9-18(10-8-13)15(19)20-16(2,3)4/h12-14,17H,5-11H2,1-4H3. The molecule has 0 aromatic carbocycles. The number of ether oxygens (including phenoxy) is 1. The van der Waals surface area contributed by atoms with E-state index in [0.717, 1.165) is 31.8 Å². The fourth-order valence-electron chi connectivity index (χ4n) is 3.25. The molecule has 1 saturated heterocycles. The summed E-state index contributed by atoms with van der Waals surface area (Å²) in [5.74, 6) is 0.870. The molecule has 116 valence electrons. The van der Waals surface area contributed by atoms with Crippen LogP contribution < -0.4 is 5.32 Å². The number of nitrogens with zero attached hydrogens (tertiary/aromatic N) is 1. The van der Waals surface area contributed by atoms with Crippen LogP contribution in [0.5, 0.6) is 0 Å². The van der Waals surface area contributed by atoms with Crippen molar-refractivity contribution < 1.29 is 9.53 Å². The maximum atomic E-state index is 12.0. The number of hydrogen-bond donors (Lipinski definition) is 1. The number of piperidine rings is 1. The van der Waals surface area contributed by atoms with E-state index in [-0.39, 0.29) is 6.09 Å². The molecule has 1 saturated carbocycles. The van der Waals surface area contributed by atoms with E-state index < -0.39 is 5.60 Å². The number of amides is 1. The van der Waals surface area contributed by atoms with Crippen molar-refractivity contribution in [3.63, 3.8) is 0 Å². The van der Waals surface area contributed by atoms with Crippen LogP contribution in [0.2, 0.25) is 0 Å². The molecular weight excluding hydrogens is 252 g/mol. The van der Waals surface area contributed by atoms with Crippen LogP contribution in [0, 0.1) is 5.92 Å². The third-order valence-electron chi connectivity index (χ3n) is 4.31. The number of carbonyl (C=O) groups is 1. The molecule has 0 aromatic heterocycles. The minimum atomic E-state index is -0.397. The SMILES string of the molecule is CC1CCC(NC2CCN(C(=O)OC(C)(C)C)CC2)C1. The monoisotopic (exact) mass is 282 g/mol. The van der Waals surface area contributed by atoms with Crippen molar-refractivity contribution in [2.75, 3.05) is 13.1 Å². The van der Waals surface area contributed by atoms with E-state index in [4.69, 9.17) is 4.74 Å². The largest absolute Gasteiger partial charge is 0.444 e. The van der Waals surface area contributed by atoms with E-state index in [1.54, 1.807) is 0 Å². The van der Waals surface area contributed by atoms with Gasteiger partial charge in [-0.2, -0.15) is 0 Å². The van der Waals surface area contributed by atoms with Crippen LogP contribution in [0.3, 0.4) is 0 Å². The zero-order valence-electron chi connectivity index (χ0n) is 13.4. The zero-order valence-corrected chi connectivity index (χ0v) is 13.4. The van der Waals surface area contributed by atoms with Gasteiger partial charge in [0.1, 0.15) is 5.60 Å². The van der Waals surface area contributed by atoms with Crippen molar-refractivity contribution in [2.45, 2.75) is 77.5 Å². The molecule has 2 unspecified atom stereocenters. The van der Waals surface area contributed by atoms with E-state index in [1.165, 1.54) is 19.3 Å². The third kappa shape index (κ3) is 4.65. The quantitative estimate of drug-likeness (QED) is 0.846. The normalized spacial score (nSPS) is 28.7. The molecule has 20 heavy (non-hydrogen) atoms. The van der Waals surface area contributed by atoms with E-state index in [0.29, 0.717) is 12.1 Å². The Labute approximate surface area is 123 Å². The topological polar surface area (TPSA) is 41.6 Å². The highest BCUT2D eigenvalue weighted by atomic mass is 16.6. The molecule has 0 spiro atoms. The molecule has 1 N–H and O–H groups in total. The van der Waals surface area contributed by atoms with Crippen LogP contribution in [-0.2, 0) is 4.74 Å². The summed E-state index contributed by atoms with van der Waals surface area (Å²) < 4.78 is 5.43. The summed E-state index contributed by atoms with van der Waals surface area (Å²) in [4.78, 5) is 13.8. The smallest absolute Gasteiger partial charge is 0.410 e. The van der Waals surface area contributed by atoms with Crippen LogP contribution in [0.1, 0.15) is 59.8 Å². The van der Waals surface area contributed by atoms with Gasteiger partial charge in [-0.1, -0.05) is 6.92 Å². The van der Waals surface area contributed by atoms with Gasteiger partial charge in [0.25, 0.3) is 0 Å². The van der Waals surface area contributed by atoms with Gasteiger partial charge < -0.3 is 15.0 Å². The van der Waals surface area contributed by atoms with Gasteiger partial charge in [-0.25, -0.2) is 4.79 Å². The summed E-state index contributed by atoms with van der Waals surface area (Å²) in [5.41, 5.74) is -0.397.